The summed E-state index contributed by atoms with van der Waals surface area (Å²) in [6.07, 6.45) is 0. The van der Waals surface area contributed by atoms with Crippen molar-refractivity contribution in [2.75, 3.05) is 19.8 Å². The summed E-state index contributed by atoms with van der Waals surface area (Å²) in [6, 6.07) is 0. The first-order valence-corrected chi connectivity index (χ1v) is 3.96. The van der Waals surface area contributed by atoms with Gasteiger partial charge in [-0.05, 0) is 0 Å². The lowest BCUT2D eigenvalue weighted by molar-refractivity contribution is -0.709. The van der Waals surface area contributed by atoms with Crippen LogP contribution in [0, 0.1) is 20.2 Å². The molecule has 0 aromatic carbocycles. The standard InChI is InChI=1S/C5H8N4O8/c10-4(11)1-6(8(14)15)3-7(9(16)17)2-5(12)13/h1-3H2,(H,10,11)(H,12,13). The third kappa shape index (κ3) is 5.71. The lowest BCUT2D eigenvalue weighted by atomic mass is 10.6. The van der Waals surface area contributed by atoms with Crippen molar-refractivity contribution in [1.82, 2.24) is 10.0 Å². The Balaban J connectivity index is 4.67. The van der Waals surface area contributed by atoms with Crippen LogP contribution in [-0.4, -0.2) is 62.0 Å². The maximum absolute atomic E-state index is 10.4. The van der Waals surface area contributed by atoms with E-state index in [1.54, 1.807) is 0 Å². The number of carboxylic acid groups (broad SMARTS) is 2. The van der Waals surface area contributed by atoms with E-state index in [0.29, 0.717) is 0 Å². The number of hydrogen-bond acceptors (Lipinski definition) is 6. The van der Waals surface area contributed by atoms with Crippen molar-refractivity contribution in [2.45, 2.75) is 0 Å². The molecule has 0 atom stereocenters. The van der Waals surface area contributed by atoms with Gasteiger partial charge in [-0.1, -0.05) is 10.0 Å². The van der Waals surface area contributed by atoms with E-state index in [1.807, 2.05) is 0 Å². The molecule has 17 heavy (non-hydrogen) atoms. The molecule has 0 aromatic rings. The fraction of sp³-hybridized carbons (Fsp3) is 0.600. The van der Waals surface area contributed by atoms with Crippen molar-refractivity contribution in [3.8, 4) is 0 Å². The Morgan fingerprint density at radius 1 is 0.941 bits per heavy atom. The highest BCUT2D eigenvalue weighted by atomic mass is 16.7. The lowest BCUT2D eigenvalue weighted by Crippen LogP contribution is -2.47. The molecule has 0 spiro atoms. The molecule has 0 amide bonds. The van der Waals surface area contributed by atoms with E-state index in [1.165, 1.54) is 0 Å². The number of hydrazine groups is 2. The molecule has 0 aliphatic rings. The van der Waals surface area contributed by atoms with Crippen LogP contribution in [0.3, 0.4) is 0 Å². The Morgan fingerprint density at radius 3 is 1.41 bits per heavy atom. The predicted molar refractivity (Wildman–Crippen MR) is 47.5 cm³/mol. The molecule has 0 radical (unpaired) electrons. The number of carboxylic acids is 2. The van der Waals surface area contributed by atoms with Crippen molar-refractivity contribution >= 4 is 11.9 Å². The van der Waals surface area contributed by atoms with E-state index < -0.39 is 41.8 Å². The van der Waals surface area contributed by atoms with Gasteiger partial charge in [-0.25, -0.2) is 20.2 Å². The van der Waals surface area contributed by atoms with Crippen LogP contribution < -0.4 is 0 Å². The molecule has 12 heteroatoms. The number of aliphatic carboxylic acids is 2. The summed E-state index contributed by atoms with van der Waals surface area (Å²) >= 11 is 0. The van der Waals surface area contributed by atoms with Crippen molar-refractivity contribution in [1.29, 1.82) is 0 Å². The minimum absolute atomic E-state index is 0.00801. The van der Waals surface area contributed by atoms with Crippen LogP contribution in [0.15, 0.2) is 0 Å². The normalized spacial score (nSPS) is 9.41. The second-order valence-corrected chi connectivity index (χ2v) is 2.73. The molecule has 0 unspecified atom stereocenters. The van der Waals surface area contributed by atoms with Crippen molar-refractivity contribution < 1.29 is 29.9 Å². The number of rotatable bonds is 8. The zero-order valence-corrected chi connectivity index (χ0v) is 8.25. The van der Waals surface area contributed by atoms with E-state index in [0.717, 1.165) is 0 Å². The van der Waals surface area contributed by atoms with Crippen LogP contribution in [0.4, 0.5) is 0 Å². The Kier molecular flexibility index (Phi) is 5.09. The number of nitrogens with zero attached hydrogens (tertiary/aromatic N) is 4. The summed E-state index contributed by atoms with van der Waals surface area (Å²) in [7, 11) is 0. The Hall–Kier alpha value is -2.66. The van der Waals surface area contributed by atoms with Crippen molar-refractivity contribution in [2.24, 2.45) is 0 Å². The molecule has 2 N–H and O–H groups in total. The van der Waals surface area contributed by atoms with Crippen LogP contribution in [0.25, 0.3) is 0 Å². The van der Waals surface area contributed by atoms with Gasteiger partial charge in [0.15, 0.2) is 23.2 Å². The maximum Gasteiger partial charge on any atom is 0.329 e. The number of nitro groups is 2. The van der Waals surface area contributed by atoms with Gasteiger partial charge < -0.3 is 10.2 Å². The highest BCUT2D eigenvalue weighted by Gasteiger charge is 2.28. The summed E-state index contributed by atoms with van der Waals surface area (Å²) in [5.41, 5.74) is 0. The first-order valence-electron chi connectivity index (χ1n) is 3.96. The SMILES string of the molecule is O=C(O)CN(CN(CC(=O)O)[N+](=O)[O-])[N+](=O)[O-]. The molecule has 0 heterocycles. The lowest BCUT2D eigenvalue weighted by Gasteiger charge is -2.16. The summed E-state index contributed by atoms with van der Waals surface area (Å²) in [5.74, 6) is -3.14. The van der Waals surface area contributed by atoms with Gasteiger partial charge in [0.05, 0.1) is 0 Å². The molecular formula is C5H8N4O8. The quantitative estimate of drug-likeness (QED) is 0.282. The van der Waals surface area contributed by atoms with Crippen molar-refractivity contribution in [3.63, 3.8) is 0 Å². The first-order chi connectivity index (χ1) is 7.73. The van der Waals surface area contributed by atoms with Gasteiger partial charge in [0.25, 0.3) is 0 Å². The van der Waals surface area contributed by atoms with Crippen LogP contribution in [0.1, 0.15) is 0 Å². The molecule has 0 fully saturated rings. The highest BCUT2D eigenvalue weighted by molar-refractivity contribution is 5.69. The molecule has 0 saturated carbocycles. The molecule has 0 aliphatic heterocycles. The summed E-state index contributed by atoms with van der Waals surface area (Å²) < 4.78 is 0. The molecule has 12 nitrogen and oxygen atoms in total. The van der Waals surface area contributed by atoms with E-state index in [9.17, 15) is 29.8 Å². The van der Waals surface area contributed by atoms with E-state index in [4.69, 9.17) is 10.2 Å². The molecule has 0 saturated heterocycles. The monoisotopic (exact) mass is 252 g/mol. The van der Waals surface area contributed by atoms with Gasteiger partial charge in [0.1, 0.15) is 0 Å². The van der Waals surface area contributed by atoms with Gasteiger partial charge >= 0.3 is 11.9 Å². The van der Waals surface area contributed by atoms with Gasteiger partial charge in [-0.15, -0.1) is 0 Å². The fourth-order valence-electron chi connectivity index (χ4n) is 0.819. The van der Waals surface area contributed by atoms with Crippen LogP contribution in [0.2, 0.25) is 0 Å². The molecular weight excluding hydrogens is 244 g/mol. The van der Waals surface area contributed by atoms with E-state index in [2.05, 4.69) is 0 Å². The summed E-state index contributed by atoms with van der Waals surface area (Å²) in [6.45, 7) is -3.23. The summed E-state index contributed by atoms with van der Waals surface area (Å²) in [5, 5.41) is 35.0. The van der Waals surface area contributed by atoms with Crippen molar-refractivity contribution in [3.05, 3.63) is 20.2 Å². The van der Waals surface area contributed by atoms with Gasteiger partial charge in [-0.2, -0.15) is 0 Å². The highest BCUT2D eigenvalue weighted by Crippen LogP contribution is 1.95. The Bertz CT molecular complexity index is 311. The first kappa shape index (κ1) is 14.3. The van der Waals surface area contributed by atoms with Gasteiger partial charge in [0.2, 0.25) is 6.67 Å². The zero-order chi connectivity index (χ0) is 13.6. The van der Waals surface area contributed by atoms with Gasteiger partial charge in [0, 0.05) is 0 Å². The Morgan fingerprint density at radius 2 is 1.24 bits per heavy atom. The summed E-state index contributed by atoms with van der Waals surface area (Å²) in [4.78, 5) is 41.2. The minimum atomic E-state index is -1.57. The Labute approximate surface area is 92.9 Å². The largest absolute Gasteiger partial charge is 0.480 e. The second kappa shape index (κ2) is 6.04. The smallest absolute Gasteiger partial charge is 0.329 e. The topological polar surface area (TPSA) is 167 Å². The second-order valence-electron chi connectivity index (χ2n) is 2.73. The molecule has 0 rings (SSSR count). The number of carbonyl (C=O) groups is 2. The van der Waals surface area contributed by atoms with E-state index in [-0.39, 0.29) is 10.0 Å². The predicted octanol–water partition coefficient (Wildman–Crippen LogP) is -1.90. The third-order valence-electron chi connectivity index (χ3n) is 1.42. The van der Waals surface area contributed by atoms with Crippen LogP contribution in [-0.2, 0) is 9.59 Å². The van der Waals surface area contributed by atoms with Crippen LogP contribution in [0.5, 0.6) is 0 Å². The van der Waals surface area contributed by atoms with Crippen LogP contribution >= 0.6 is 0 Å². The van der Waals surface area contributed by atoms with Gasteiger partial charge in [-0.3, -0.25) is 9.59 Å². The maximum atomic E-state index is 10.4. The molecule has 0 aliphatic carbocycles. The number of hydrogen-bond donors (Lipinski definition) is 2. The minimum Gasteiger partial charge on any atom is -0.480 e. The fourth-order valence-corrected chi connectivity index (χ4v) is 0.819. The molecule has 0 aromatic heterocycles. The average Bonchev–Trinajstić information content (AvgIpc) is 2.13. The average molecular weight is 252 g/mol. The zero-order valence-electron chi connectivity index (χ0n) is 8.25. The van der Waals surface area contributed by atoms with E-state index >= 15 is 0 Å². The third-order valence-corrected chi connectivity index (χ3v) is 1.42. The molecule has 0 bridgehead atoms. The molecule has 96 valence electrons.